The van der Waals surface area contributed by atoms with E-state index < -0.39 is 0 Å². The number of nitrogens with one attached hydrogen (secondary N) is 1. The zero-order chi connectivity index (χ0) is 15.5. The molecule has 0 aliphatic carbocycles. The molecule has 0 radical (unpaired) electrons. The van der Waals surface area contributed by atoms with Crippen molar-refractivity contribution in [1.29, 1.82) is 0 Å². The van der Waals surface area contributed by atoms with E-state index in [0.29, 0.717) is 12.1 Å². The third-order valence-corrected chi connectivity index (χ3v) is 3.78. The molecule has 2 aromatic carbocycles. The highest BCUT2D eigenvalue weighted by Gasteiger charge is 2.12. The van der Waals surface area contributed by atoms with Crippen molar-refractivity contribution in [3.05, 3.63) is 65.9 Å². The number of carbonyl (C=O) groups is 1. The van der Waals surface area contributed by atoms with Gasteiger partial charge in [-0.05, 0) is 30.2 Å². The molecule has 0 aliphatic heterocycles. The number of fused-ring (bicyclic) bond motifs is 1. The summed E-state index contributed by atoms with van der Waals surface area (Å²) < 4.78 is 1.96. The molecule has 22 heavy (non-hydrogen) atoms. The molecule has 3 aromatic rings. The Bertz CT molecular complexity index is 804. The molecule has 1 amide bonds. The van der Waals surface area contributed by atoms with Gasteiger partial charge in [0, 0.05) is 30.7 Å². The summed E-state index contributed by atoms with van der Waals surface area (Å²) in [5.41, 5.74) is 2.83. The highest BCUT2D eigenvalue weighted by molar-refractivity contribution is 6.06. The molecule has 1 heterocycles. The molecule has 0 unspecified atom stereocenters. The van der Waals surface area contributed by atoms with Crippen molar-refractivity contribution >= 4 is 16.8 Å². The van der Waals surface area contributed by atoms with Crippen LogP contribution in [0.4, 0.5) is 0 Å². The van der Waals surface area contributed by atoms with Crippen LogP contribution in [0.5, 0.6) is 5.75 Å². The van der Waals surface area contributed by atoms with Gasteiger partial charge in [-0.1, -0.05) is 30.3 Å². The van der Waals surface area contributed by atoms with Crippen LogP contribution >= 0.6 is 0 Å². The molecular formula is C18H18N2O2. The second-order valence-electron chi connectivity index (χ2n) is 5.34. The number of hydrogen-bond acceptors (Lipinski definition) is 2. The van der Waals surface area contributed by atoms with Gasteiger partial charge in [-0.25, -0.2) is 0 Å². The van der Waals surface area contributed by atoms with E-state index in [4.69, 9.17) is 0 Å². The number of rotatable bonds is 4. The third kappa shape index (κ3) is 2.81. The number of carbonyl (C=O) groups excluding carboxylic acids is 1. The van der Waals surface area contributed by atoms with Crippen molar-refractivity contribution in [3.8, 4) is 5.75 Å². The summed E-state index contributed by atoms with van der Waals surface area (Å²) in [6.07, 6.45) is 2.59. The molecule has 0 saturated heterocycles. The van der Waals surface area contributed by atoms with Gasteiger partial charge in [0.05, 0.1) is 5.56 Å². The number of aromatic nitrogens is 1. The first-order valence-electron chi connectivity index (χ1n) is 7.25. The SMILES string of the molecule is Cn1cc(C(=O)NCCc2ccc(O)cc2)c2ccccc21. The zero-order valence-electron chi connectivity index (χ0n) is 12.4. The van der Waals surface area contributed by atoms with Gasteiger partial charge in [-0.2, -0.15) is 0 Å². The summed E-state index contributed by atoms with van der Waals surface area (Å²) in [6.45, 7) is 0.562. The summed E-state index contributed by atoms with van der Waals surface area (Å²) in [7, 11) is 1.94. The number of phenolic OH excluding ortho intramolecular Hbond substituents is 1. The van der Waals surface area contributed by atoms with Crippen molar-refractivity contribution in [1.82, 2.24) is 9.88 Å². The Morgan fingerprint density at radius 1 is 1.14 bits per heavy atom. The quantitative estimate of drug-likeness (QED) is 0.777. The largest absolute Gasteiger partial charge is 0.508 e. The highest BCUT2D eigenvalue weighted by atomic mass is 16.3. The average Bonchev–Trinajstić information content (AvgIpc) is 2.87. The first-order valence-corrected chi connectivity index (χ1v) is 7.25. The molecule has 112 valence electrons. The number of aryl methyl sites for hydroxylation is 1. The molecule has 0 fully saturated rings. The van der Waals surface area contributed by atoms with Gasteiger partial charge in [-0.3, -0.25) is 4.79 Å². The van der Waals surface area contributed by atoms with E-state index in [0.717, 1.165) is 22.9 Å². The smallest absolute Gasteiger partial charge is 0.253 e. The van der Waals surface area contributed by atoms with Crippen LogP contribution < -0.4 is 5.32 Å². The normalized spacial score (nSPS) is 10.8. The van der Waals surface area contributed by atoms with Gasteiger partial charge in [0.2, 0.25) is 0 Å². The van der Waals surface area contributed by atoms with Crippen molar-refractivity contribution in [2.45, 2.75) is 6.42 Å². The molecule has 0 spiro atoms. The number of nitrogens with zero attached hydrogens (tertiary/aromatic N) is 1. The second-order valence-corrected chi connectivity index (χ2v) is 5.34. The van der Waals surface area contributed by atoms with Crippen LogP contribution in [0.2, 0.25) is 0 Å². The minimum absolute atomic E-state index is 0.0596. The van der Waals surface area contributed by atoms with Crippen molar-refractivity contribution in [2.24, 2.45) is 7.05 Å². The standard InChI is InChI=1S/C18H18N2O2/c1-20-12-16(15-4-2-3-5-17(15)20)18(22)19-11-10-13-6-8-14(21)9-7-13/h2-9,12,21H,10-11H2,1H3,(H,19,22). The minimum Gasteiger partial charge on any atom is -0.508 e. The van der Waals surface area contributed by atoms with Gasteiger partial charge in [0.15, 0.2) is 0 Å². The first-order chi connectivity index (χ1) is 10.6. The first kappa shape index (κ1) is 14.2. The predicted molar refractivity (Wildman–Crippen MR) is 87.1 cm³/mol. The van der Waals surface area contributed by atoms with Crippen LogP contribution in [-0.2, 0) is 13.5 Å². The molecule has 3 rings (SSSR count). The number of benzene rings is 2. The average molecular weight is 294 g/mol. The van der Waals surface area contributed by atoms with Crippen LogP contribution in [0.15, 0.2) is 54.7 Å². The molecule has 4 heteroatoms. The van der Waals surface area contributed by atoms with Crippen LogP contribution in [0, 0.1) is 0 Å². The Labute approximate surface area is 129 Å². The fourth-order valence-electron chi connectivity index (χ4n) is 2.60. The lowest BCUT2D eigenvalue weighted by Crippen LogP contribution is -2.25. The fraction of sp³-hybridized carbons (Fsp3) is 0.167. The molecule has 0 atom stereocenters. The number of para-hydroxylation sites is 1. The van der Waals surface area contributed by atoms with E-state index in [9.17, 15) is 9.90 Å². The summed E-state index contributed by atoms with van der Waals surface area (Å²) in [5.74, 6) is 0.194. The van der Waals surface area contributed by atoms with E-state index in [2.05, 4.69) is 5.32 Å². The van der Waals surface area contributed by atoms with Gasteiger partial charge in [0.1, 0.15) is 5.75 Å². The lowest BCUT2D eigenvalue weighted by atomic mass is 10.1. The summed E-state index contributed by atoms with van der Waals surface area (Å²) in [4.78, 5) is 12.4. The Hall–Kier alpha value is -2.75. The Balaban J connectivity index is 1.67. The summed E-state index contributed by atoms with van der Waals surface area (Å²) >= 11 is 0. The van der Waals surface area contributed by atoms with E-state index in [1.165, 1.54) is 0 Å². The van der Waals surface area contributed by atoms with Gasteiger partial charge in [-0.15, -0.1) is 0 Å². The maximum Gasteiger partial charge on any atom is 0.253 e. The van der Waals surface area contributed by atoms with E-state index in [1.807, 2.05) is 54.2 Å². The lowest BCUT2D eigenvalue weighted by molar-refractivity contribution is 0.0955. The number of amides is 1. The monoisotopic (exact) mass is 294 g/mol. The Morgan fingerprint density at radius 3 is 2.64 bits per heavy atom. The number of aromatic hydroxyl groups is 1. The lowest BCUT2D eigenvalue weighted by Gasteiger charge is -2.05. The van der Waals surface area contributed by atoms with Crippen molar-refractivity contribution in [3.63, 3.8) is 0 Å². The van der Waals surface area contributed by atoms with Crippen LogP contribution in [-0.4, -0.2) is 22.1 Å². The van der Waals surface area contributed by atoms with E-state index in [-0.39, 0.29) is 11.7 Å². The number of phenols is 1. The third-order valence-electron chi connectivity index (χ3n) is 3.78. The molecule has 4 nitrogen and oxygen atoms in total. The predicted octanol–water partition coefficient (Wildman–Crippen LogP) is 2.86. The summed E-state index contributed by atoms with van der Waals surface area (Å²) in [5, 5.41) is 13.2. The Kier molecular flexibility index (Phi) is 3.83. The molecule has 1 aromatic heterocycles. The maximum absolute atomic E-state index is 12.4. The summed E-state index contributed by atoms with van der Waals surface area (Å²) in [6, 6.07) is 14.9. The zero-order valence-corrected chi connectivity index (χ0v) is 12.4. The molecule has 0 bridgehead atoms. The fourth-order valence-corrected chi connectivity index (χ4v) is 2.60. The van der Waals surface area contributed by atoms with E-state index >= 15 is 0 Å². The second kappa shape index (κ2) is 5.93. The maximum atomic E-state index is 12.4. The van der Waals surface area contributed by atoms with E-state index in [1.54, 1.807) is 12.1 Å². The van der Waals surface area contributed by atoms with Gasteiger partial charge >= 0.3 is 0 Å². The molecule has 0 aliphatic rings. The van der Waals surface area contributed by atoms with Crippen LogP contribution in [0.1, 0.15) is 15.9 Å². The van der Waals surface area contributed by atoms with Crippen molar-refractivity contribution < 1.29 is 9.90 Å². The number of hydrogen-bond donors (Lipinski definition) is 2. The highest BCUT2D eigenvalue weighted by Crippen LogP contribution is 2.20. The molecular weight excluding hydrogens is 276 g/mol. The molecule has 2 N–H and O–H groups in total. The Morgan fingerprint density at radius 2 is 1.86 bits per heavy atom. The topological polar surface area (TPSA) is 54.3 Å². The van der Waals surface area contributed by atoms with Crippen LogP contribution in [0.25, 0.3) is 10.9 Å². The van der Waals surface area contributed by atoms with Crippen LogP contribution in [0.3, 0.4) is 0 Å². The van der Waals surface area contributed by atoms with Crippen molar-refractivity contribution in [2.75, 3.05) is 6.54 Å². The van der Waals surface area contributed by atoms with Gasteiger partial charge < -0.3 is 15.0 Å². The van der Waals surface area contributed by atoms with Gasteiger partial charge in [0.25, 0.3) is 5.91 Å². The molecule has 0 saturated carbocycles. The minimum atomic E-state index is -0.0596.